The van der Waals surface area contributed by atoms with Gasteiger partial charge in [0, 0.05) is 23.5 Å². The Morgan fingerprint density at radius 2 is 2.30 bits per heavy atom. The van der Waals surface area contributed by atoms with E-state index >= 15 is 0 Å². The summed E-state index contributed by atoms with van der Waals surface area (Å²) in [4.78, 5) is 11.7. The summed E-state index contributed by atoms with van der Waals surface area (Å²) in [7, 11) is 0. The average Bonchev–Trinajstić information content (AvgIpc) is 2.86. The quantitative estimate of drug-likeness (QED) is 0.842. The largest absolute Gasteiger partial charge is 0.356 e. The van der Waals surface area contributed by atoms with Gasteiger partial charge in [0.15, 0.2) is 0 Å². The predicted molar refractivity (Wildman–Crippen MR) is 83.7 cm³/mol. The molecule has 0 bridgehead atoms. The van der Waals surface area contributed by atoms with Crippen molar-refractivity contribution < 1.29 is 9.18 Å². The van der Waals surface area contributed by atoms with E-state index in [9.17, 15) is 9.18 Å². The van der Waals surface area contributed by atoms with Crippen LogP contribution < -0.4 is 10.6 Å². The Morgan fingerprint density at radius 1 is 1.50 bits per heavy atom. The molecule has 3 nitrogen and oxygen atoms in total. The number of nitrogens with one attached hydrogen (secondary N) is 2. The van der Waals surface area contributed by atoms with E-state index in [-0.39, 0.29) is 24.1 Å². The van der Waals surface area contributed by atoms with Crippen molar-refractivity contribution in [2.24, 2.45) is 0 Å². The number of rotatable bonds is 5. The van der Waals surface area contributed by atoms with Crippen LogP contribution in [0.2, 0.25) is 0 Å². The van der Waals surface area contributed by atoms with Gasteiger partial charge in [-0.05, 0) is 49.6 Å². The number of carbonyl (C=O) groups is 1. The monoisotopic (exact) mass is 364 g/mol. The topological polar surface area (TPSA) is 41.1 Å². The Kier molecular flexibility index (Phi) is 7.48. The van der Waals surface area contributed by atoms with Gasteiger partial charge >= 0.3 is 0 Å². The molecule has 1 heterocycles. The van der Waals surface area contributed by atoms with Gasteiger partial charge in [0.2, 0.25) is 5.91 Å². The van der Waals surface area contributed by atoms with Gasteiger partial charge in [0.1, 0.15) is 5.82 Å². The van der Waals surface area contributed by atoms with Gasteiger partial charge in [-0.2, -0.15) is 0 Å². The molecule has 1 saturated heterocycles. The first-order valence-electron chi connectivity index (χ1n) is 6.59. The molecular weight excluding hydrogens is 347 g/mol. The van der Waals surface area contributed by atoms with Crippen LogP contribution in [-0.4, -0.2) is 25.0 Å². The molecular formula is C14H19BrClFN2O. The van der Waals surface area contributed by atoms with Crippen molar-refractivity contribution in [2.75, 3.05) is 13.1 Å². The highest BCUT2D eigenvalue weighted by molar-refractivity contribution is 9.10. The Hall–Kier alpha value is -0.650. The fourth-order valence-corrected chi connectivity index (χ4v) is 2.71. The fourth-order valence-electron chi connectivity index (χ4n) is 2.30. The summed E-state index contributed by atoms with van der Waals surface area (Å²) in [5, 5.41) is 6.13. The number of halogens is 3. The van der Waals surface area contributed by atoms with Crippen molar-refractivity contribution in [3.05, 3.63) is 34.1 Å². The summed E-state index contributed by atoms with van der Waals surface area (Å²) in [5.74, 6) is -0.190. The molecule has 0 saturated carbocycles. The number of hydrogen-bond donors (Lipinski definition) is 2. The zero-order valence-electron chi connectivity index (χ0n) is 11.1. The maximum atomic E-state index is 13.5. The third-order valence-corrected chi connectivity index (χ3v) is 3.81. The molecule has 2 N–H and O–H groups in total. The standard InChI is InChI=1S/C14H18BrFN2O.ClH/c15-11-3-4-13(16)10(8-11)5-7-18-14(19)9-12-2-1-6-17-12;/h3-4,8,12,17H,1-2,5-7,9H2,(H,18,19);1H. The zero-order chi connectivity index (χ0) is 13.7. The lowest BCUT2D eigenvalue weighted by atomic mass is 10.1. The van der Waals surface area contributed by atoms with Crippen LogP contribution >= 0.6 is 28.3 Å². The normalized spacial score (nSPS) is 17.6. The molecule has 1 fully saturated rings. The molecule has 1 aliphatic rings. The second-order valence-electron chi connectivity index (χ2n) is 4.83. The third kappa shape index (κ3) is 5.38. The van der Waals surface area contributed by atoms with Crippen molar-refractivity contribution in [3.8, 4) is 0 Å². The Bertz CT molecular complexity index is 453. The van der Waals surface area contributed by atoms with Gasteiger partial charge < -0.3 is 10.6 Å². The van der Waals surface area contributed by atoms with Crippen LogP contribution in [0.1, 0.15) is 24.8 Å². The highest BCUT2D eigenvalue weighted by Gasteiger charge is 2.17. The highest BCUT2D eigenvalue weighted by atomic mass is 79.9. The second kappa shape index (κ2) is 8.60. The van der Waals surface area contributed by atoms with Crippen molar-refractivity contribution in [3.63, 3.8) is 0 Å². The fraction of sp³-hybridized carbons (Fsp3) is 0.500. The van der Waals surface area contributed by atoms with E-state index in [1.165, 1.54) is 6.07 Å². The third-order valence-electron chi connectivity index (χ3n) is 3.32. The van der Waals surface area contributed by atoms with Gasteiger partial charge in [0.05, 0.1) is 0 Å². The minimum absolute atomic E-state index is 0. The van der Waals surface area contributed by atoms with Crippen LogP contribution in [-0.2, 0) is 11.2 Å². The Morgan fingerprint density at radius 3 is 3.00 bits per heavy atom. The number of carbonyl (C=O) groups excluding carboxylic acids is 1. The maximum absolute atomic E-state index is 13.5. The van der Waals surface area contributed by atoms with Crippen molar-refractivity contribution >= 4 is 34.2 Å². The predicted octanol–water partition coefficient (Wildman–Crippen LogP) is 2.81. The Balaban J connectivity index is 0.00000200. The molecule has 0 aliphatic carbocycles. The molecule has 2 rings (SSSR count). The molecule has 1 amide bonds. The molecule has 0 radical (unpaired) electrons. The molecule has 1 aliphatic heterocycles. The van der Waals surface area contributed by atoms with Crippen LogP contribution in [0.4, 0.5) is 4.39 Å². The van der Waals surface area contributed by atoms with Crippen LogP contribution in [0, 0.1) is 5.82 Å². The van der Waals surface area contributed by atoms with E-state index < -0.39 is 0 Å². The van der Waals surface area contributed by atoms with E-state index in [4.69, 9.17) is 0 Å². The Labute approximate surface area is 133 Å². The van der Waals surface area contributed by atoms with E-state index in [1.807, 2.05) is 0 Å². The van der Waals surface area contributed by atoms with Gasteiger partial charge in [-0.15, -0.1) is 12.4 Å². The van der Waals surface area contributed by atoms with Crippen LogP contribution in [0.3, 0.4) is 0 Å². The molecule has 1 aromatic rings. The van der Waals surface area contributed by atoms with Crippen molar-refractivity contribution in [2.45, 2.75) is 31.7 Å². The molecule has 112 valence electrons. The zero-order valence-corrected chi connectivity index (χ0v) is 13.5. The molecule has 20 heavy (non-hydrogen) atoms. The highest BCUT2D eigenvalue weighted by Crippen LogP contribution is 2.15. The van der Waals surface area contributed by atoms with Crippen LogP contribution in [0.15, 0.2) is 22.7 Å². The van der Waals surface area contributed by atoms with Gasteiger partial charge in [-0.3, -0.25) is 4.79 Å². The van der Waals surface area contributed by atoms with E-state index in [0.717, 1.165) is 23.9 Å². The first-order chi connectivity index (χ1) is 9.15. The summed E-state index contributed by atoms with van der Waals surface area (Å²) in [6.07, 6.45) is 3.23. The van der Waals surface area contributed by atoms with Gasteiger partial charge in [0.25, 0.3) is 0 Å². The number of benzene rings is 1. The SMILES string of the molecule is Cl.O=C(CC1CCCN1)NCCc1cc(Br)ccc1F. The van der Waals surface area contributed by atoms with E-state index in [0.29, 0.717) is 31.0 Å². The molecule has 1 unspecified atom stereocenters. The van der Waals surface area contributed by atoms with Crippen LogP contribution in [0.5, 0.6) is 0 Å². The molecule has 0 aromatic heterocycles. The second-order valence-corrected chi connectivity index (χ2v) is 5.75. The van der Waals surface area contributed by atoms with Crippen molar-refractivity contribution in [1.29, 1.82) is 0 Å². The molecule has 1 atom stereocenters. The number of amides is 1. The van der Waals surface area contributed by atoms with E-state index in [2.05, 4.69) is 26.6 Å². The minimum atomic E-state index is -0.227. The lowest BCUT2D eigenvalue weighted by Crippen LogP contribution is -2.32. The lowest BCUT2D eigenvalue weighted by Gasteiger charge is -2.10. The molecule has 6 heteroatoms. The molecule has 0 spiro atoms. The summed E-state index contributed by atoms with van der Waals surface area (Å²) >= 11 is 3.31. The summed E-state index contributed by atoms with van der Waals surface area (Å²) in [5.41, 5.74) is 0.619. The maximum Gasteiger partial charge on any atom is 0.221 e. The first-order valence-corrected chi connectivity index (χ1v) is 7.38. The summed E-state index contributed by atoms with van der Waals surface area (Å²) < 4.78 is 14.3. The lowest BCUT2D eigenvalue weighted by molar-refractivity contribution is -0.121. The molecule has 1 aromatic carbocycles. The van der Waals surface area contributed by atoms with Gasteiger partial charge in [-0.25, -0.2) is 4.39 Å². The summed E-state index contributed by atoms with van der Waals surface area (Å²) in [6.45, 7) is 1.47. The minimum Gasteiger partial charge on any atom is -0.356 e. The van der Waals surface area contributed by atoms with E-state index in [1.54, 1.807) is 12.1 Å². The smallest absolute Gasteiger partial charge is 0.221 e. The average molecular weight is 366 g/mol. The summed E-state index contributed by atoms with van der Waals surface area (Å²) in [6, 6.07) is 5.16. The first kappa shape index (κ1) is 17.4. The van der Waals surface area contributed by atoms with Gasteiger partial charge in [-0.1, -0.05) is 15.9 Å². The number of hydrogen-bond acceptors (Lipinski definition) is 2. The van der Waals surface area contributed by atoms with Crippen LogP contribution in [0.25, 0.3) is 0 Å². The van der Waals surface area contributed by atoms with Crippen molar-refractivity contribution in [1.82, 2.24) is 10.6 Å².